The van der Waals surface area contributed by atoms with Crippen LogP contribution in [-0.2, 0) is 18.0 Å². The maximum Gasteiger partial charge on any atom is 0.425 e. The van der Waals surface area contributed by atoms with E-state index in [1.54, 1.807) is 28.9 Å². The van der Waals surface area contributed by atoms with Crippen LogP contribution in [0.1, 0.15) is 22.8 Å². The topological polar surface area (TPSA) is 51.0 Å². The van der Waals surface area contributed by atoms with Gasteiger partial charge in [-0.15, -0.1) is 11.3 Å². The lowest BCUT2D eigenvalue weighted by molar-refractivity contribution is -0.134. The van der Waals surface area contributed by atoms with E-state index in [4.69, 9.17) is 0 Å². The Morgan fingerprint density at radius 2 is 2.10 bits per heavy atom. The van der Waals surface area contributed by atoms with Crippen molar-refractivity contribution in [1.82, 2.24) is 19.7 Å². The number of thiophene rings is 1. The molecule has 30 heavy (non-hydrogen) atoms. The fourth-order valence-electron chi connectivity index (χ4n) is 3.68. The van der Waals surface area contributed by atoms with E-state index in [9.17, 15) is 18.0 Å². The average Bonchev–Trinajstić information content (AvgIpc) is 3.46. The SMILES string of the molecule is C=CC(=O)N1CC[C@@H](c2cnc(-c3ccc(C(F)(F)F)s3)cc2-c2ccn(C)n2)C1. The van der Waals surface area contributed by atoms with Crippen LogP contribution in [0.2, 0.25) is 0 Å². The molecule has 0 saturated carbocycles. The lowest BCUT2D eigenvalue weighted by atomic mass is 9.93. The molecule has 0 N–H and O–H groups in total. The summed E-state index contributed by atoms with van der Waals surface area (Å²) in [5, 5.41) is 4.48. The van der Waals surface area contributed by atoms with Gasteiger partial charge in [0.15, 0.2) is 0 Å². The van der Waals surface area contributed by atoms with Crippen LogP contribution in [0.4, 0.5) is 13.2 Å². The van der Waals surface area contributed by atoms with Gasteiger partial charge in [-0.2, -0.15) is 18.3 Å². The number of aromatic nitrogens is 3. The number of nitrogens with zero attached hydrogens (tertiary/aromatic N) is 4. The van der Waals surface area contributed by atoms with E-state index in [1.807, 2.05) is 12.3 Å². The van der Waals surface area contributed by atoms with Crippen molar-refractivity contribution in [3.8, 4) is 21.8 Å². The maximum atomic E-state index is 13.0. The molecule has 1 aliphatic heterocycles. The van der Waals surface area contributed by atoms with Gasteiger partial charge >= 0.3 is 6.18 Å². The van der Waals surface area contributed by atoms with Crippen molar-refractivity contribution in [3.05, 3.63) is 59.8 Å². The second-order valence-electron chi connectivity index (χ2n) is 7.17. The first-order valence-electron chi connectivity index (χ1n) is 9.35. The summed E-state index contributed by atoms with van der Waals surface area (Å²) in [6, 6.07) is 6.17. The summed E-state index contributed by atoms with van der Waals surface area (Å²) in [5.41, 5.74) is 2.94. The molecule has 5 nitrogen and oxygen atoms in total. The number of carbonyl (C=O) groups excluding carboxylic acids is 1. The molecule has 4 heterocycles. The van der Waals surface area contributed by atoms with Gasteiger partial charge in [-0.3, -0.25) is 14.5 Å². The second-order valence-corrected chi connectivity index (χ2v) is 8.25. The molecular formula is C21H19F3N4OS. The van der Waals surface area contributed by atoms with Crippen LogP contribution >= 0.6 is 11.3 Å². The smallest absolute Gasteiger partial charge is 0.339 e. The average molecular weight is 432 g/mol. The molecule has 0 aliphatic carbocycles. The predicted octanol–water partition coefficient (Wildman–Crippen LogP) is 4.73. The number of pyridine rings is 1. The second kappa shape index (κ2) is 7.71. The van der Waals surface area contributed by atoms with E-state index in [0.717, 1.165) is 29.3 Å². The minimum absolute atomic E-state index is 0.0709. The largest absolute Gasteiger partial charge is 0.425 e. The van der Waals surface area contributed by atoms with Gasteiger partial charge in [0.25, 0.3) is 0 Å². The van der Waals surface area contributed by atoms with Crippen LogP contribution in [0, 0.1) is 0 Å². The minimum atomic E-state index is -4.38. The molecule has 0 aromatic carbocycles. The van der Waals surface area contributed by atoms with Crippen molar-refractivity contribution >= 4 is 17.2 Å². The number of amides is 1. The fraction of sp³-hybridized carbons (Fsp3) is 0.286. The van der Waals surface area contributed by atoms with Crippen LogP contribution in [0.25, 0.3) is 21.8 Å². The summed E-state index contributed by atoms with van der Waals surface area (Å²) in [5.74, 6) is -0.0405. The molecule has 1 saturated heterocycles. The number of hydrogen-bond acceptors (Lipinski definition) is 4. The van der Waals surface area contributed by atoms with Crippen LogP contribution in [0.5, 0.6) is 0 Å². The molecule has 156 valence electrons. The van der Waals surface area contributed by atoms with E-state index in [2.05, 4.69) is 16.7 Å². The molecule has 0 radical (unpaired) electrons. The van der Waals surface area contributed by atoms with Gasteiger partial charge in [0.1, 0.15) is 4.88 Å². The van der Waals surface area contributed by atoms with Gasteiger partial charge in [-0.05, 0) is 42.3 Å². The summed E-state index contributed by atoms with van der Waals surface area (Å²) in [4.78, 5) is 17.9. The predicted molar refractivity (Wildman–Crippen MR) is 109 cm³/mol. The first kappa shape index (κ1) is 20.3. The monoisotopic (exact) mass is 432 g/mol. The van der Waals surface area contributed by atoms with Gasteiger partial charge in [-0.25, -0.2) is 0 Å². The summed E-state index contributed by atoms with van der Waals surface area (Å²) < 4.78 is 40.7. The molecule has 1 fully saturated rings. The highest BCUT2D eigenvalue weighted by molar-refractivity contribution is 7.15. The number of alkyl halides is 3. The van der Waals surface area contributed by atoms with E-state index in [-0.39, 0.29) is 11.8 Å². The summed E-state index contributed by atoms with van der Waals surface area (Å²) in [6.07, 6.45) is 1.22. The highest BCUT2D eigenvalue weighted by Crippen LogP contribution is 2.40. The van der Waals surface area contributed by atoms with Crippen LogP contribution < -0.4 is 0 Å². The quantitative estimate of drug-likeness (QED) is 0.560. The van der Waals surface area contributed by atoms with Crippen LogP contribution in [0.3, 0.4) is 0 Å². The van der Waals surface area contributed by atoms with E-state index < -0.39 is 11.1 Å². The molecule has 1 atom stereocenters. The van der Waals surface area contributed by atoms with Crippen molar-refractivity contribution < 1.29 is 18.0 Å². The molecule has 1 aliphatic rings. The summed E-state index contributed by atoms with van der Waals surface area (Å²) in [7, 11) is 1.81. The van der Waals surface area contributed by atoms with Gasteiger partial charge in [0.2, 0.25) is 5.91 Å². The Morgan fingerprint density at radius 3 is 2.73 bits per heavy atom. The number of rotatable bonds is 4. The van der Waals surface area contributed by atoms with Gasteiger partial charge in [0, 0.05) is 44.0 Å². The number of halogens is 3. The molecule has 0 unspecified atom stereocenters. The Kier molecular flexibility index (Phi) is 5.23. The van der Waals surface area contributed by atoms with Gasteiger partial charge < -0.3 is 4.90 Å². The van der Waals surface area contributed by atoms with Gasteiger partial charge in [-0.1, -0.05) is 6.58 Å². The Bertz CT molecular complexity index is 1100. The summed E-state index contributed by atoms with van der Waals surface area (Å²) in [6.45, 7) is 4.71. The molecule has 3 aromatic heterocycles. The number of hydrogen-bond donors (Lipinski definition) is 0. The standard InChI is InChI=1S/C21H19F3N4OS/c1-3-20(29)28-9-6-13(12-28)15-11-25-17(10-14(15)16-7-8-27(2)26-16)18-4-5-19(30-18)21(22,23)24/h3-5,7-8,10-11,13H,1,6,9,12H2,2H3/t13-/m1/s1. The number of carbonyl (C=O) groups is 1. The highest BCUT2D eigenvalue weighted by atomic mass is 32.1. The first-order valence-corrected chi connectivity index (χ1v) is 10.2. The summed E-state index contributed by atoms with van der Waals surface area (Å²) >= 11 is 0.670. The van der Waals surface area contributed by atoms with E-state index in [0.29, 0.717) is 35.0 Å². The number of likely N-dealkylation sites (tertiary alicyclic amines) is 1. The van der Waals surface area contributed by atoms with Crippen molar-refractivity contribution in [2.45, 2.75) is 18.5 Å². The molecule has 1 amide bonds. The van der Waals surface area contributed by atoms with E-state index >= 15 is 0 Å². The van der Waals surface area contributed by atoms with Crippen LogP contribution in [0.15, 0.2) is 49.3 Å². The van der Waals surface area contributed by atoms with E-state index in [1.165, 1.54) is 12.1 Å². The zero-order chi connectivity index (χ0) is 21.5. The normalized spacial score (nSPS) is 16.8. The zero-order valence-corrected chi connectivity index (χ0v) is 17.0. The third-order valence-corrected chi connectivity index (χ3v) is 6.33. The molecule has 4 rings (SSSR count). The van der Waals surface area contributed by atoms with Crippen molar-refractivity contribution in [2.75, 3.05) is 13.1 Å². The van der Waals surface area contributed by atoms with Crippen molar-refractivity contribution in [2.24, 2.45) is 7.05 Å². The molecular weight excluding hydrogens is 413 g/mol. The van der Waals surface area contributed by atoms with Crippen molar-refractivity contribution in [1.29, 1.82) is 0 Å². The fourth-order valence-corrected chi connectivity index (χ4v) is 4.52. The Hall–Kier alpha value is -2.94. The molecule has 0 bridgehead atoms. The molecule has 0 spiro atoms. The molecule has 9 heteroatoms. The van der Waals surface area contributed by atoms with Crippen molar-refractivity contribution in [3.63, 3.8) is 0 Å². The lowest BCUT2D eigenvalue weighted by Crippen LogP contribution is -2.26. The zero-order valence-electron chi connectivity index (χ0n) is 16.2. The highest BCUT2D eigenvalue weighted by Gasteiger charge is 2.33. The lowest BCUT2D eigenvalue weighted by Gasteiger charge is -2.17. The Balaban J connectivity index is 1.74. The Morgan fingerprint density at radius 1 is 1.30 bits per heavy atom. The van der Waals surface area contributed by atoms with Gasteiger partial charge in [0.05, 0.1) is 16.3 Å². The Labute approximate surface area is 175 Å². The minimum Gasteiger partial charge on any atom is -0.339 e. The maximum absolute atomic E-state index is 13.0. The number of aryl methyl sites for hydroxylation is 1. The third-order valence-electron chi connectivity index (χ3n) is 5.18. The molecule has 3 aromatic rings. The first-order chi connectivity index (χ1) is 14.3. The van der Waals surface area contributed by atoms with Crippen LogP contribution in [-0.4, -0.2) is 38.7 Å². The third kappa shape index (κ3) is 3.89.